The van der Waals surface area contributed by atoms with Crippen LogP contribution in [0, 0.1) is 17.8 Å². The van der Waals surface area contributed by atoms with Gasteiger partial charge in [0.15, 0.2) is 0 Å². The minimum atomic E-state index is -0.564. The van der Waals surface area contributed by atoms with Crippen molar-refractivity contribution in [1.29, 1.82) is 0 Å². The Morgan fingerprint density at radius 3 is 2.19 bits per heavy atom. The van der Waals surface area contributed by atoms with E-state index in [-0.39, 0.29) is 5.54 Å². The zero-order chi connectivity index (χ0) is 18.7. The van der Waals surface area contributed by atoms with Crippen LogP contribution in [0.15, 0.2) is 12.1 Å². The first kappa shape index (κ1) is 18.0. The maximum Gasteiger partial charge on any atom is 0.340 e. The third-order valence-electron chi connectivity index (χ3n) is 6.20. The van der Waals surface area contributed by atoms with E-state index in [9.17, 15) is 4.79 Å². The normalized spacial score (nSPS) is 32.5. The number of halogens is 1. The van der Waals surface area contributed by atoms with Gasteiger partial charge in [-0.15, -0.1) is 0 Å². The molecular weight excluding hydrogens is 348 g/mol. The molecule has 0 saturated heterocycles. The topological polar surface area (TPSA) is 64.3 Å². The predicted octanol–water partition coefficient (Wildman–Crippen LogP) is 5.26. The fourth-order valence-corrected chi connectivity index (χ4v) is 5.98. The van der Waals surface area contributed by atoms with Crippen LogP contribution in [0.3, 0.4) is 0 Å². The maximum atomic E-state index is 12.4. The molecule has 3 N–H and O–H groups in total. The lowest BCUT2D eigenvalue weighted by Crippen LogP contribution is -2.54. The number of hydrogen-bond donors (Lipinski definition) is 2. The van der Waals surface area contributed by atoms with Gasteiger partial charge >= 0.3 is 5.97 Å². The van der Waals surface area contributed by atoms with Crippen molar-refractivity contribution in [3.63, 3.8) is 0 Å². The maximum absolute atomic E-state index is 12.4. The van der Waals surface area contributed by atoms with E-state index in [0.717, 1.165) is 23.4 Å². The molecule has 26 heavy (non-hydrogen) atoms. The quantitative estimate of drug-likeness (QED) is 0.558. The van der Waals surface area contributed by atoms with Crippen molar-refractivity contribution < 1.29 is 9.53 Å². The minimum absolute atomic E-state index is 0.152. The van der Waals surface area contributed by atoms with E-state index < -0.39 is 11.6 Å². The van der Waals surface area contributed by atoms with Crippen LogP contribution in [0.2, 0.25) is 5.02 Å². The summed E-state index contributed by atoms with van der Waals surface area (Å²) in [6.45, 7) is 5.52. The van der Waals surface area contributed by atoms with Crippen molar-refractivity contribution >= 4 is 28.9 Å². The third kappa shape index (κ3) is 3.40. The van der Waals surface area contributed by atoms with Crippen LogP contribution in [0.25, 0.3) is 0 Å². The molecule has 4 fully saturated rings. The molecule has 0 amide bonds. The molecule has 4 bridgehead atoms. The highest BCUT2D eigenvalue weighted by atomic mass is 35.5. The molecule has 0 atom stereocenters. The van der Waals surface area contributed by atoms with E-state index in [1.54, 1.807) is 12.1 Å². The average molecular weight is 377 g/mol. The Labute approximate surface area is 160 Å². The van der Waals surface area contributed by atoms with Crippen molar-refractivity contribution in [3.8, 4) is 0 Å². The Morgan fingerprint density at radius 1 is 1.15 bits per heavy atom. The highest BCUT2D eigenvalue weighted by Gasteiger charge is 2.51. The Balaban J connectivity index is 1.57. The van der Waals surface area contributed by atoms with Gasteiger partial charge in [0.2, 0.25) is 0 Å². The molecule has 1 aromatic carbocycles. The summed E-state index contributed by atoms with van der Waals surface area (Å²) < 4.78 is 5.43. The van der Waals surface area contributed by atoms with Crippen molar-refractivity contribution in [1.82, 2.24) is 0 Å². The number of esters is 1. The Hall–Kier alpha value is -1.42. The number of hydrogen-bond acceptors (Lipinski definition) is 4. The molecule has 142 valence electrons. The number of benzene rings is 1. The summed E-state index contributed by atoms with van der Waals surface area (Å²) in [6, 6.07) is 3.45. The molecule has 5 rings (SSSR count). The second kappa shape index (κ2) is 6.05. The number of carbonyl (C=O) groups is 1. The molecule has 4 saturated carbocycles. The minimum Gasteiger partial charge on any atom is -0.456 e. The fraction of sp³-hybridized carbons (Fsp3) is 0.667. The molecule has 0 aromatic heterocycles. The van der Waals surface area contributed by atoms with E-state index in [2.05, 4.69) is 5.32 Å². The molecular formula is C21H29ClN2O2. The van der Waals surface area contributed by atoms with E-state index in [1.807, 2.05) is 20.8 Å². The highest BCUT2D eigenvalue weighted by molar-refractivity contribution is 6.34. The van der Waals surface area contributed by atoms with E-state index in [4.69, 9.17) is 22.1 Å². The zero-order valence-electron chi connectivity index (χ0n) is 15.9. The number of nitrogen functional groups attached to an aromatic ring is 1. The number of anilines is 2. The van der Waals surface area contributed by atoms with E-state index in [1.165, 1.54) is 38.5 Å². The number of ether oxygens (including phenoxy) is 1. The second-order valence-electron chi connectivity index (χ2n) is 9.74. The predicted molar refractivity (Wildman–Crippen MR) is 106 cm³/mol. The molecule has 0 spiro atoms. The summed E-state index contributed by atoms with van der Waals surface area (Å²) in [4.78, 5) is 12.4. The number of nitrogens with two attached hydrogens (primary N) is 1. The second-order valence-corrected chi connectivity index (χ2v) is 10.2. The van der Waals surface area contributed by atoms with E-state index >= 15 is 0 Å². The van der Waals surface area contributed by atoms with Gasteiger partial charge in [0.25, 0.3) is 0 Å². The Morgan fingerprint density at radius 2 is 1.69 bits per heavy atom. The third-order valence-corrected chi connectivity index (χ3v) is 6.51. The van der Waals surface area contributed by atoms with Gasteiger partial charge < -0.3 is 15.8 Å². The average Bonchev–Trinajstić information content (AvgIpc) is 2.47. The molecule has 4 aliphatic rings. The molecule has 4 aliphatic carbocycles. The zero-order valence-corrected chi connectivity index (χ0v) is 16.7. The van der Waals surface area contributed by atoms with Crippen LogP contribution in [-0.4, -0.2) is 17.1 Å². The van der Waals surface area contributed by atoms with Crippen molar-refractivity contribution in [2.24, 2.45) is 17.8 Å². The Kier molecular flexibility index (Phi) is 4.18. The van der Waals surface area contributed by atoms with Gasteiger partial charge in [-0.05, 0) is 89.2 Å². The van der Waals surface area contributed by atoms with Crippen LogP contribution in [0.5, 0.6) is 0 Å². The monoisotopic (exact) mass is 376 g/mol. The van der Waals surface area contributed by atoms with Gasteiger partial charge in [0.05, 0.1) is 22.0 Å². The fourth-order valence-electron chi connectivity index (χ4n) is 5.74. The van der Waals surface area contributed by atoms with Crippen molar-refractivity contribution in [3.05, 3.63) is 22.7 Å². The van der Waals surface area contributed by atoms with Gasteiger partial charge in [-0.25, -0.2) is 4.79 Å². The smallest absolute Gasteiger partial charge is 0.340 e. The van der Waals surface area contributed by atoms with E-state index in [0.29, 0.717) is 16.3 Å². The summed E-state index contributed by atoms with van der Waals surface area (Å²) in [5.41, 5.74) is 7.62. The van der Waals surface area contributed by atoms with Crippen LogP contribution in [0.4, 0.5) is 11.4 Å². The summed E-state index contributed by atoms with van der Waals surface area (Å²) >= 11 is 6.42. The van der Waals surface area contributed by atoms with Gasteiger partial charge in [0, 0.05) is 5.54 Å². The molecule has 0 radical (unpaired) electrons. The largest absolute Gasteiger partial charge is 0.456 e. The number of carbonyl (C=O) groups excluding carboxylic acids is 1. The van der Waals surface area contributed by atoms with Gasteiger partial charge in [-0.1, -0.05) is 11.6 Å². The molecule has 0 heterocycles. The van der Waals surface area contributed by atoms with Crippen LogP contribution in [-0.2, 0) is 4.74 Å². The molecule has 4 nitrogen and oxygen atoms in total. The first-order valence-electron chi connectivity index (χ1n) is 9.73. The summed E-state index contributed by atoms with van der Waals surface area (Å²) in [5, 5.41) is 4.14. The standard InChI is InChI=1S/C21H29ClN2O2/c1-20(2,3)26-19(25)15-7-17(23)18(8-16(15)22)24-21-9-12-4-13(10-21)6-14(5-12)11-21/h7-8,12-14,24H,4-6,9-11,23H2,1-3H3. The lowest BCUT2D eigenvalue weighted by molar-refractivity contribution is 0.00697. The first-order valence-corrected chi connectivity index (χ1v) is 10.1. The Bertz CT molecular complexity index is 703. The van der Waals surface area contributed by atoms with Crippen LogP contribution >= 0.6 is 11.6 Å². The highest BCUT2D eigenvalue weighted by Crippen LogP contribution is 2.56. The first-order chi connectivity index (χ1) is 12.1. The van der Waals surface area contributed by atoms with Gasteiger partial charge in [-0.3, -0.25) is 0 Å². The van der Waals surface area contributed by atoms with Crippen molar-refractivity contribution in [2.45, 2.75) is 70.4 Å². The lowest BCUT2D eigenvalue weighted by atomic mass is 9.53. The van der Waals surface area contributed by atoms with Crippen LogP contribution < -0.4 is 11.1 Å². The van der Waals surface area contributed by atoms with Gasteiger partial charge in [0.1, 0.15) is 5.60 Å². The number of rotatable bonds is 3. The molecule has 5 heteroatoms. The van der Waals surface area contributed by atoms with Crippen LogP contribution in [0.1, 0.15) is 69.7 Å². The summed E-state index contributed by atoms with van der Waals surface area (Å²) in [5.74, 6) is 2.13. The SMILES string of the molecule is CC(C)(C)OC(=O)c1cc(N)c(NC23CC4CC(CC(C4)C2)C3)cc1Cl. The van der Waals surface area contributed by atoms with Crippen molar-refractivity contribution in [2.75, 3.05) is 11.1 Å². The number of nitrogens with one attached hydrogen (secondary N) is 1. The molecule has 0 aliphatic heterocycles. The summed E-state index contributed by atoms with van der Waals surface area (Å²) in [6.07, 6.45) is 7.87. The van der Waals surface area contributed by atoms with Gasteiger partial charge in [-0.2, -0.15) is 0 Å². The molecule has 1 aromatic rings. The molecule has 0 unspecified atom stereocenters. The summed E-state index contributed by atoms with van der Waals surface area (Å²) in [7, 11) is 0. The lowest BCUT2D eigenvalue weighted by Gasteiger charge is -2.57.